The Morgan fingerprint density at radius 3 is 2.27 bits per heavy atom. The van der Waals surface area contributed by atoms with E-state index in [-0.39, 0.29) is 18.1 Å². The molecule has 0 fully saturated rings. The first-order valence-corrected chi connectivity index (χ1v) is 5.01. The van der Waals surface area contributed by atoms with Gasteiger partial charge in [0.15, 0.2) is 0 Å². The molecule has 1 rings (SSSR count). The summed E-state index contributed by atoms with van der Waals surface area (Å²) < 4.78 is 5.07. The maximum absolute atomic E-state index is 9.22. The van der Waals surface area contributed by atoms with Crippen molar-refractivity contribution in [2.24, 2.45) is 11.1 Å². The largest absolute Gasteiger partial charge is 0.497 e. The molecular weight excluding hydrogens is 190 g/mol. The van der Waals surface area contributed by atoms with E-state index in [9.17, 15) is 5.11 Å². The van der Waals surface area contributed by atoms with Crippen LogP contribution in [0, 0.1) is 5.41 Å². The predicted molar refractivity (Wildman–Crippen MR) is 60.8 cm³/mol. The van der Waals surface area contributed by atoms with Crippen LogP contribution >= 0.6 is 0 Å². The quantitative estimate of drug-likeness (QED) is 0.793. The van der Waals surface area contributed by atoms with Gasteiger partial charge in [-0.15, -0.1) is 0 Å². The van der Waals surface area contributed by atoms with Crippen LogP contribution in [0.5, 0.6) is 5.75 Å². The molecule has 15 heavy (non-hydrogen) atoms. The van der Waals surface area contributed by atoms with Crippen molar-refractivity contribution in [2.45, 2.75) is 19.9 Å². The minimum atomic E-state index is -0.311. The highest BCUT2D eigenvalue weighted by Crippen LogP contribution is 2.31. The molecule has 0 radical (unpaired) electrons. The highest BCUT2D eigenvalue weighted by Gasteiger charge is 2.26. The molecular formula is C12H19NO2. The van der Waals surface area contributed by atoms with Crippen molar-refractivity contribution in [3.63, 3.8) is 0 Å². The highest BCUT2D eigenvalue weighted by molar-refractivity contribution is 5.29. The average molecular weight is 209 g/mol. The van der Waals surface area contributed by atoms with Gasteiger partial charge in [-0.25, -0.2) is 0 Å². The van der Waals surface area contributed by atoms with Gasteiger partial charge in [-0.3, -0.25) is 0 Å². The summed E-state index contributed by atoms with van der Waals surface area (Å²) in [5, 5.41) is 9.22. The van der Waals surface area contributed by atoms with Crippen molar-refractivity contribution < 1.29 is 9.84 Å². The zero-order valence-corrected chi connectivity index (χ0v) is 9.53. The molecule has 1 aromatic carbocycles. The fraction of sp³-hybridized carbons (Fsp3) is 0.500. The van der Waals surface area contributed by atoms with Crippen molar-refractivity contribution in [1.82, 2.24) is 0 Å². The minimum Gasteiger partial charge on any atom is -0.497 e. The Morgan fingerprint density at radius 2 is 1.87 bits per heavy atom. The van der Waals surface area contributed by atoms with Crippen molar-refractivity contribution >= 4 is 0 Å². The van der Waals surface area contributed by atoms with E-state index in [1.165, 1.54) is 0 Å². The van der Waals surface area contributed by atoms with E-state index in [2.05, 4.69) is 0 Å². The van der Waals surface area contributed by atoms with E-state index in [4.69, 9.17) is 10.5 Å². The molecule has 0 spiro atoms. The number of aliphatic hydroxyl groups is 1. The Bertz CT molecular complexity index is 306. The second-order valence-electron chi connectivity index (χ2n) is 4.40. The number of rotatable bonds is 4. The van der Waals surface area contributed by atoms with Crippen LogP contribution in [0.3, 0.4) is 0 Å². The van der Waals surface area contributed by atoms with Gasteiger partial charge in [-0.1, -0.05) is 26.0 Å². The number of nitrogens with two attached hydrogens (primary N) is 1. The molecule has 1 aromatic rings. The van der Waals surface area contributed by atoms with E-state index in [1.807, 2.05) is 38.1 Å². The van der Waals surface area contributed by atoms with Gasteiger partial charge >= 0.3 is 0 Å². The summed E-state index contributed by atoms with van der Waals surface area (Å²) in [5.41, 5.74) is 6.77. The third kappa shape index (κ3) is 2.70. The van der Waals surface area contributed by atoms with Crippen molar-refractivity contribution in [2.75, 3.05) is 13.7 Å². The predicted octanol–water partition coefficient (Wildman–Crippen LogP) is 1.71. The number of hydrogen-bond acceptors (Lipinski definition) is 3. The summed E-state index contributed by atoms with van der Waals surface area (Å²) in [6, 6.07) is 7.45. The molecule has 0 amide bonds. The summed E-state index contributed by atoms with van der Waals surface area (Å²) in [7, 11) is 1.63. The number of benzene rings is 1. The normalized spacial score (nSPS) is 13.7. The lowest BCUT2D eigenvalue weighted by Gasteiger charge is -2.29. The van der Waals surface area contributed by atoms with Gasteiger partial charge in [0.05, 0.1) is 7.11 Å². The zero-order chi connectivity index (χ0) is 11.5. The lowest BCUT2D eigenvalue weighted by molar-refractivity contribution is 0.132. The lowest BCUT2D eigenvalue weighted by Crippen LogP contribution is -2.32. The Balaban J connectivity index is 2.87. The Morgan fingerprint density at radius 1 is 1.33 bits per heavy atom. The molecule has 0 saturated heterocycles. The molecule has 1 atom stereocenters. The van der Waals surface area contributed by atoms with Crippen LogP contribution in [0.1, 0.15) is 25.5 Å². The topological polar surface area (TPSA) is 55.5 Å². The van der Waals surface area contributed by atoms with Gasteiger partial charge in [0, 0.05) is 18.1 Å². The molecule has 0 aliphatic carbocycles. The summed E-state index contributed by atoms with van der Waals surface area (Å²) in [6.45, 7) is 3.96. The van der Waals surface area contributed by atoms with Crippen LogP contribution in [0.15, 0.2) is 24.3 Å². The zero-order valence-electron chi connectivity index (χ0n) is 9.53. The number of aliphatic hydroxyl groups excluding tert-OH is 1. The molecule has 3 nitrogen and oxygen atoms in total. The third-order valence-corrected chi connectivity index (χ3v) is 2.72. The summed E-state index contributed by atoms with van der Waals surface area (Å²) in [4.78, 5) is 0. The monoisotopic (exact) mass is 209 g/mol. The van der Waals surface area contributed by atoms with Gasteiger partial charge in [0.2, 0.25) is 0 Å². The van der Waals surface area contributed by atoms with Gasteiger partial charge in [-0.05, 0) is 17.7 Å². The molecule has 0 heterocycles. The summed E-state index contributed by atoms with van der Waals surface area (Å²) >= 11 is 0. The molecule has 0 bridgehead atoms. The summed E-state index contributed by atoms with van der Waals surface area (Å²) in [6.07, 6.45) is 0. The smallest absolute Gasteiger partial charge is 0.118 e. The van der Waals surface area contributed by atoms with E-state index in [0.29, 0.717) is 0 Å². The first kappa shape index (κ1) is 12.0. The SMILES string of the molecule is COc1ccc([C@H](N)C(C)(C)CO)cc1. The van der Waals surface area contributed by atoms with Crippen LogP contribution < -0.4 is 10.5 Å². The van der Waals surface area contributed by atoms with Gasteiger partial charge in [0.25, 0.3) is 0 Å². The number of methoxy groups -OCH3 is 1. The van der Waals surface area contributed by atoms with E-state index in [0.717, 1.165) is 11.3 Å². The average Bonchev–Trinajstić information content (AvgIpc) is 2.28. The first-order chi connectivity index (χ1) is 7.01. The standard InChI is InChI=1S/C12H19NO2/c1-12(2,8-14)11(13)9-4-6-10(15-3)7-5-9/h4-7,11,14H,8,13H2,1-3H3/t11-/m0/s1. The second kappa shape index (κ2) is 4.64. The molecule has 3 N–H and O–H groups in total. The third-order valence-electron chi connectivity index (χ3n) is 2.72. The number of ether oxygens (including phenoxy) is 1. The van der Waals surface area contributed by atoms with E-state index in [1.54, 1.807) is 7.11 Å². The van der Waals surface area contributed by atoms with Gasteiger partial charge in [-0.2, -0.15) is 0 Å². The molecule has 0 saturated carbocycles. The van der Waals surface area contributed by atoms with Gasteiger partial charge in [0.1, 0.15) is 5.75 Å². The van der Waals surface area contributed by atoms with Crippen molar-refractivity contribution in [3.8, 4) is 5.75 Å². The van der Waals surface area contributed by atoms with Gasteiger partial charge < -0.3 is 15.6 Å². The van der Waals surface area contributed by atoms with E-state index < -0.39 is 0 Å². The van der Waals surface area contributed by atoms with Crippen LogP contribution in [0.25, 0.3) is 0 Å². The van der Waals surface area contributed by atoms with Crippen LogP contribution in [-0.2, 0) is 0 Å². The molecule has 84 valence electrons. The Hall–Kier alpha value is -1.06. The first-order valence-electron chi connectivity index (χ1n) is 5.01. The van der Waals surface area contributed by atoms with Crippen LogP contribution in [-0.4, -0.2) is 18.8 Å². The summed E-state index contributed by atoms with van der Waals surface area (Å²) in [5.74, 6) is 0.813. The maximum atomic E-state index is 9.22. The second-order valence-corrected chi connectivity index (χ2v) is 4.40. The maximum Gasteiger partial charge on any atom is 0.118 e. The fourth-order valence-electron chi connectivity index (χ4n) is 1.36. The van der Waals surface area contributed by atoms with Crippen molar-refractivity contribution in [1.29, 1.82) is 0 Å². The van der Waals surface area contributed by atoms with Crippen LogP contribution in [0.4, 0.5) is 0 Å². The lowest BCUT2D eigenvalue weighted by atomic mass is 9.82. The van der Waals surface area contributed by atoms with Crippen molar-refractivity contribution in [3.05, 3.63) is 29.8 Å². The Kier molecular flexibility index (Phi) is 3.72. The minimum absolute atomic E-state index is 0.0696. The fourth-order valence-corrected chi connectivity index (χ4v) is 1.36. The molecule has 0 aromatic heterocycles. The Labute approximate surface area is 90.9 Å². The number of hydrogen-bond donors (Lipinski definition) is 2. The molecule has 3 heteroatoms. The molecule has 0 aliphatic heterocycles. The molecule has 0 aliphatic rings. The highest BCUT2D eigenvalue weighted by atomic mass is 16.5. The van der Waals surface area contributed by atoms with Crippen LogP contribution in [0.2, 0.25) is 0 Å². The van der Waals surface area contributed by atoms with E-state index >= 15 is 0 Å². The molecule has 0 unspecified atom stereocenters.